The van der Waals surface area contributed by atoms with Gasteiger partial charge in [0, 0.05) is 27.2 Å². The van der Waals surface area contributed by atoms with Crippen molar-refractivity contribution in [1.29, 1.82) is 0 Å². The zero-order valence-corrected chi connectivity index (χ0v) is 14.7. The molecule has 1 aromatic rings. The maximum Gasteiger partial charge on any atom is 0.231 e. The molecule has 2 aliphatic rings. The second kappa shape index (κ2) is 7.81. The Morgan fingerprint density at radius 3 is 2.87 bits per heavy atom. The third kappa shape index (κ3) is 4.25. The number of ether oxygens (including phenoxy) is 2. The molecule has 23 heavy (non-hydrogen) atoms. The average molecular weight is 335 g/mol. The van der Waals surface area contributed by atoms with Crippen LogP contribution in [0.1, 0.15) is 18.4 Å². The van der Waals surface area contributed by atoms with E-state index in [-0.39, 0.29) is 0 Å². The molecule has 1 aromatic carbocycles. The van der Waals surface area contributed by atoms with Crippen molar-refractivity contribution >= 4 is 17.7 Å². The third-order valence-electron chi connectivity index (χ3n) is 4.32. The Labute approximate surface area is 142 Å². The van der Waals surface area contributed by atoms with Crippen LogP contribution in [-0.2, 0) is 6.54 Å². The van der Waals surface area contributed by atoms with E-state index in [0.717, 1.165) is 36.5 Å². The lowest BCUT2D eigenvalue weighted by molar-refractivity contribution is 0.174. The minimum Gasteiger partial charge on any atom is -0.454 e. The van der Waals surface area contributed by atoms with Crippen LogP contribution in [0.5, 0.6) is 11.5 Å². The number of hydrogen-bond acceptors (Lipinski definition) is 4. The van der Waals surface area contributed by atoms with Crippen molar-refractivity contribution in [3.05, 3.63) is 23.8 Å². The smallest absolute Gasteiger partial charge is 0.231 e. The Balaban J connectivity index is 1.53. The second-order valence-electron chi connectivity index (χ2n) is 6.03. The number of thioether (sulfide) groups is 1. The van der Waals surface area contributed by atoms with Gasteiger partial charge in [-0.3, -0.25) is 4.99 Å². The van der Waals surface area contributed by atoms with Gasteiger partial charge in [0.25, 0.3) is 0 Å². The summed E-state index contributed by atoms with van der Waals surface area (Å²) in [5.74, 6) is 5.95. The molecule has 0 bridgehead atoms. The fourth-order valence-corrected chi connectivity index (χ4v) is 4.16. The van der Waals surface area contributed by atoms with Crippen molar-refractivity contribution in [2.24, 2.45) is 10.9 Å². The molecule has 2 aliphatic heterocycles. The number of benzene rings is 1. The molecule has 0 radical (unpaired) electrons. The molecule has 0 amide bonds. The number of nitrogens with one attached hydrogen (secondary N) is 1. The Morgan fingerprint density at radius 1 is 1.30 bits per heavy atom. The first kappa shape index (κ1) is 16.3. The van der Waals surface area contributed by atoms with E-state index in [1.54, 1.807) is 0 Å². The molecule has 126 valence electrons. The Kier molecular flexibility index (Phi) is 5.54. The molecule has 0 aliphatic carbocycles. The summed E-state index contributed by atoms with van der Waals surface area (Å²) in [6.07, 6.45) is 2.61. The summed E-state index contributed by atoms with van der Waals surface area (Å²) in [5, 5.41) is 3.52. The van der Waals surface area contributed by atoms with Gasteiger partial charge in [-0.15, -0.1) is 0 Å². The van der Waals surface area contributed by atoms with Gasteiger partial charge in [-0.2, -0.15) is 11.8 Å². The number of hydrogen-bond donors (Lipinski definition) is 1. The lowest BCUT2D eigenvalue weighted by Gasteiger charge is -2.26. The molecule has 0 spiro atoms. The highest BCUT2D eigenvalue weighted by atomic mass is 32.2. The predicted molar refractivity (Wildman–Crippen MR) is 95.4 cm³/mol. The fraction of sp³-hybridized carbons (Fsp3) is 0.588. The SMILES string of the molecule is CN=C(NCC1CCSCC1)N(C)Cc1ccc2c(c1)OCO2. The van der Waals surface area contributed by atoms with Crippen LogP contribution in [0.25, 0.3) is 0 Å². The maximum absolute atomic E-state index is 5.45. The monoisotopic (exact) mass is 335 g/mol. The van der Waals surface area contributed by atoms with Crippen molar-refractivity contribution in [1.82, 2.24) is 10.2 Å². The second-order valence-corrected chi connectivity index (χ2v) is 7.25. The van der Waals surface area contributed by atoms with Crippen LogP contribution >= 0.6 is 11.8 Å². The van der Waals surface area contributed by atoms with E-state index in [1.165, 1.54) is 29.9 Å². The first-order chi connectivity index (χ1) is 11.3. The lowest BCUT2D eigenvalue weighted by Crippen LogP contribution is -2.41. The van der Waals surface area contributed by atoms with Crippen molar-refractivity contribution < 1.29 is 9.47 Å². The molecule has 1 N–H and O–H groups in total. The van der Waals surface area contributed by atoms with Crippen molar-refractivity contribution in [2.45, 2.75) is 19.4 Å². The molecule has 0 aromatic heterocycles. The highest BCUT2D eigenvalue weighted by Crippen LogP contribution is 2.32. The van der Waals surface area contributed by atoms with Crippen molar-refractivity contribution in [3.8, 4) is 11.5 Å². The van der Waals surface area contributed by atoms with Crippen LogP contribution in [-0.4, -0.2) is 49.8 Å². The van der Waals surface area contributed by atoms with Crippen LogP contribution in [0.15, 0.2) is 23.2 Å². The van der Waals surface area contributed by atoms with E-state index in [4.69, 9.17) is 9.47 Å². The standard InChI is InChI=1S/C17H25N3O2S/c1-18-17(19-10-13-5-7-23-8-6-13)20(2)11-14-3-4-15-16(9-14)22-12-21-15/h3-4,9,13H,5-8,10-12H2,1-2H3,(H,18,19). The Hall–Kier alpha value is -1.56. The zero-order valence-electron chi connectivity index (χ0n) is 13.9. The summed E-state index contributed by atoms with van der Waals surface area (Å²) in [7, 11) is 3.91. The Morgan fingerprint density at radius 2 is 2.09 bits per heavy atom. The minimum absolute atomic E-state index is 0.317. The molecule has 3 rings (SSSR count). The quantitative estimate of drug-likeness (QED) is 0.677. The van der Waals surface area contributed by atoms with E-state index in [9.17, 15) is 0 Å². The summed E-state index contributed by atoms with van der Waals surface area (Å²) in [4.78, 5) is 6.56. The molecule has 1 fully saturated rings. The van der Waals surface area contributed by atoms with Crippen molar-refractivity contribution in [2.75, 3.05) is 38.9 Å². The maximum atomic E-state index is 5.45. The van der Waals surface area contributed by atoms with E-state index in [1.807, 2.05) is 19.2 Å². The number of rotatable bonds is 4. The summed E-state index contributed by atoms with van der Waals surface area (Å²) in [6.45, 7) is 2.12. The summed E-state index contributed by atoms with van der Waals surface area (Å²) < 4.78 is 10.8. The third-order valence-corrected chi connectivity index (χ3v) is 5.37. The number of fused-ring (bicyclic) bond motifs is 1. The summed E-state index contributed by atoms with van der Waals surface area (Å²) in [6, 6.07) is 6.10. The molecule has 6 heteroatoms. The fourth-order valence-electron chi connectivity index (χ4n) is 2.96. The first-order valence-electron chi connectivity index (χ1n) is 8.14. The highest BCUT2D eigenvalue weighted by Gasteiger charge is 2.17. The van der Waals surface area contributed by atoms with Gasteiger partial charge < -0.3 is 19.7 Å². The average Bonchev–Trinajstić information content (AvgIpc) is 3.04. The predicted octanol–water partition coefficient (Wildman–Crippen LogP) is 2.57. The van der Waals surface area contributed by atoms with E-state index >= 15 is 0 Å². The molecule has 0 saturated carbocycles. The minimum atomic E-state index is 0.317. The van der Waals surface area contributed by atoms with E-state index in [0.29, 0.717) is 6.79 Å². The molecule has 1 saturated heterocycles. The number of nitrogens with zero attached hydrogens (tertiary/aromatic N) is 2. The molecular formula is C17H25N3O2S. The van der Waals surface area contributed by atoms with Gasteiger partial charge in [-0.1, -0.05) is 6.07 Å². The van der Waals surface area contributed by atoms with Crippen LogP contribution in [0, 0.1) is 5.92 Å². The van der Waals surface area contributed by atoms with Gasteiger partial charge in [0.1, 0.15) is 0 Å². The van der Waals surface area contributed by atoms with Crippen LogP contribution in [0.4, 0.5) is 0 Å². The topological polar surface area (TPSA) is 46.1 Å². The van der Waals surface area contributed by atoms with Gasteiger partial charge in [-0.25, -0.2) is 0 Å². The highest BCUT2D eigenvalue weighted by molar-refractivity contribution is 7.99. The molecule has 5 nitrogen and oxygen atoms in total. The Bertz CT molecular complexity index is 559. The van der Waals surface area contributed by atoms with E-state index in [2.05, 4.69) is 40.1 Å². The van der Waals surface area contributed by atoms with Gasteiger partial charge in [0.05, 0.1) is 0 Å². The largest absolute Gasteiger partial charge is 0.454 e. The van der Waals surface area contributed by atoms with Crippen LogP contribution < -0.4 is 14.8 Å². The molecule has 0 atom stereocenters. The van der Waals surface area contributed by atoms with Gasteiger partial charge in [-0.05, 0) is 48.0 Å². The van der Waals surface area contributed by atoms with Crippen LogP contribution in [0.2, 0.25) is 0 Å². The molecule has 0 unspecified atom stereocenters. The summed E-state index contributed by atoms with van der Waals surface area (Å²) >= 11 is 2.07. The lowest BCUT2D eigenvalue weighted by atomic mass is 10.0. The van der Waals surface area contributed by atoms with Gasteiger partial charge in [0.15, 0.2) is 17.5 Å². The van der Waals surface area contributed by atoms with E-state index < -0.39 is 0 Å². The van der Waals surface area contributed by atoms with Gasteiger partial charge >= 0.3 is 0 Å². The number of aliphatic imine (C=N–C) groups is 1. The molecular weight excluding hydrogens is 310 g/mol. The van der Waals surface area contributed by atoms with Crippen LogP contribution in [0.3, 0.4) is 0 Å². The normalized spacial score (nSPS) is 18.1. The first-order valence-corrected chi connectivity index (χ1v) is 9.30. The van der Waals surface area contributed by atoms with Gasteiger partial charge in [0.2, 0.25) is 6.79 Å². The summed E-state index contributed by atoms with van der Waals surface area (Å²) in [5.41, 5.74) is 1.19. The van der Waals surface area contributed by atoms with Crippen molar-refractivity contribution in [3.63, 3.8) is 0 Å². The zero-order chi connectivity index (χ0) is 16.1. The molecule has 2 heterocycles. The number of guanidine groups is 1.